The van der Waals surface area contributed by atoms with Gasteiger partial charge in [0, 0.05) is 27.1 Å². The van der Waals surface area contributed by atoms with E-state index in [9.17, 15) is 4.39 Å². The predicted octanol–water partition coefficient (Wildman–Crippen LogP) is 5.35. The van der Waals surface area contributed by atoms with Crippen LogP contribution < -0.4 is 0 Å². The summed E-state index contributed by atoms with van der Waals surface area (Å²) in [6.07, 6.45) is 2.02. The second kappa shape index (κ2) is 5.10. The molecule has 0 saturated carbocycles. The molecule has 3 aromatic rings. The molecule has 1 aromatic heterocycles. The summed E-state index contributed by atoms with van der Waals surface area (Å²) in [6.45, 7) is 0.654. The fraction of sp³-hybridized carbons (Fsp3) is 0.0667. The maximum absolute atomic E-state index is 13.2. The van der Waals surface area contributed by atoms with E-state index in [1.807, 2.05) is 18.3 Å². The van der Waals surface area contributed by atoms with Crippen LogP contribution in [-0.2, 0) is 6.54 Å². The first-order valence-electron chi connectivity index (χ1n) is 5.82. The SMILES string of the molecule is Fc1cccc(Cn2ccc3cc(Br)cc(Br)c32)c1. The van der Waals surface area contributed by atoms with Gasteiger partial charge in [0.05, 0.1) is 5.52 Å². The van der Waals surface area contributed by atoms with Crippen LogP contribution in [0.5, 0.6) is 0 Å². The van der Waals surface area contributed by atoms with Crippen molar-refractivity contribution >= 4 is 42.8 Å². The van der Waals surface area contributed by atoms with Crippen LogP contribution in [0.25, 0.3) is 10.9 Å². The normalized spacial score (nSPS) is 11.1. The van der Waals surface area contributed by atoms with E-state index in [4.69, 9.17) is 0 Å². The van der Waals surface area contributed by atoms with Crippen molar-refractivity contribution in [1.29, 1.82) is 0 Å². The van der Waals surface area contributed by atoms with E-state index < -0.39 is 0 Å². The molecule has 3 rings (SSSR count). The standard InChI is InChI=1S/C15H10Br2FN/c16-12-7-11-4-5-19(15(11)14(17)8-12)9-10-2-1-3-13(18)6-10/h1-8H,9H2. The van der Waals surface area contributed by atoms with Gasteiger partial charge in [-0.2, -0.15) is 0 Å². The monoisotopic (exact) mass is 381 g/mol. The van der Waals surface area contributed by atoms with Gasteiger partial charge >= 0.3 is 0 Å². The fourth-order valence-corrected chi connectivity index (χ4v) is 3.71. The third-order valence-electron chi connectivity index (χ3n) is 3.02. The van der Waals surface area contributed by atoms with Crippen molar-refractivity contribution in [3.63, 3.8) is 0 Å². The molecule has 0 atom stereocenters. The van der Waals surface area contributed by atoms with Crippen molar-refractivity contribution in [2.75, 3.05) is 0 Å². The van der Waals surface area contributed by atoms with E-state index in [0.29, 0.717) is 6.54 Å². The molecule has 96 valence electrons. The largest absolute Gasteiger partial charge is 0.342 e. The topological polar surface area (TPSA) is 4.93 Å². The number of halogens is 3. The van der Waals surface area contributed by atoms with Gasteiger partial charge in [-0.3, -0.25) is 0 Å². The number of nitrogens with zero attached hydrogens (tertiary/aromatic N) is 1. The Morgan fingerprint density at radius 1 is 1.05 bits per heavy atom. The lowest BCUT2D eigenvalue weighted by atomic mass is 10.2. The fourth-order valence-electron chi connectivity index (χ4n) is 2.22. The summed E-state index contributed by atoms with van der Waals surface area (Å²) in [6, 6.07) is 12.9. The Morgan fingerprint density at radius 2 is 1.89 bits per heavy atom. The van der Waals surface area contributed by atoms with Crippen LogP contribution in [0.15, 0.2) is 57.6 Å². The van der Waals surface area contributed by atoms with Gasteiger partial charge in [0.15, 0.2) is 0 Å². The van der Waals surface area contributed by atoms with Gasteiger partial charge in [-0.1, -0.05) is 28.1 Å². The highest BCUT2D eigenvalue weighted by Crippen LogP contribution is 2.29. The second-order valence-corrected chi connectivity index (χ2v) is 6.17. The molecule has 1 heterocycles. The van der Waals surface area contributed by atoms with Crippen LogP contribution in [0.1, 0.15) is 5.56 Å². The minimum Gasteiger partial charge on any atom is -0.342 e. The number of rotatable bonds is 2. The summed E-state index contributed by atoms with van der Waals surface area (Å²) in [5.41, 5.74) is 2.07. The van der Waals surface area contributed by atoms with Crippen molar-refractivity contribution in [1.82, 2.24) is 4.57 Å². The lowest BCUT2D eigenvalue weighted by Crippen LogP contribution is -1.98. The Labute approximate surface area is 127 Å². The molecule has 4 heteroatoms. The maximum atomic E-state index is 13.2. The van der Waals surface area contributed by atoms with Gasteiger partial charge in [0.1, 0.15) is 5.82 Å². The molecule has 0 unspecified atom stereocenters. The number of hydrogen-bond donors (Lipinski definition) is 0. The Hall–Kier alpha value is -1.13. The summed E-state index contributed by atoms with van der Waals surface area (Å²) < 4.78 is 17.4. The Bertz CT molecular complexity index is 749. The van der Waals surface area contributed by atoms with Crippen molar-refractivity contribution in [2.45, 2.75) is 6.54 Å². The lowest BCUT2D eigenvalue weighted by Gasteiger charge is -2.07. The van der Waals surface area contributed by atoms with Crippen LogP contribution in [0, 0.1) is 5.82 Å². The molecule has 1 nitrogen and oxygen atoms in total. The first-order chi connectivity index (χ1) is 9.13. The molecule has 0 aliphatic carbocycles. The minimum atomic E-state index is -0.198. The zero-order chi connectivity index (χ0) is 13.4. The molecule has 0 N–H and O–H groups in total. The van der Waals surface area contributed by atoms with Gasteiger partial charge in [0.25, 0.3) is 0 Å². The van der Waals surface area contributed by atoms with Crippen molar-refractivity contribution in [2.24, 2.45) is 0 Å². The molecule has 0 fully saturated rings. The van der Waals surface area contributed by atoms with Crippen LogP contribution in [0.3, 0.4) is 0 Å². The van der Waals surface area contributed by atoms with E-state index >= 15 is 0 Å². The second-order valence-electron chi connectivity index (χ2n) is 4.40. The van der Waals surface area contributed by atoms with Crippen LogP contribution in [0.4, 0.5) is 4.39 Å². The van der Waals surface area contributed by atoms with Crippen LogP contribution in [-0.4, -0.2) is 4.57 Å². The zero-order valence-corrected chi connectivity index (χ0v) is 13.1. The van der Waals surface area contributed by atoms with Gasteiger partial charge in [-0.15, -0.1) is 0 Å². The molecule has 0 spiro atoms. The number of aromatic nitrogens is 1. The molecule has 0 radical (unpaired) electrons. The Kier molecular flexibility index (Phi) is 3.46. The van der Waals surface area contributed by atoms with Crippen molar-refractivity contribution < 1.29 is 4.39 Å². The third-order valence-corrected chi connectivity index (χ3v) is 4.08. The average molecular weight is 383 g/mol. The highest BCUT2D eigenvalue weighted by atomic mass is 79.9. The molecule has 0 aliphatic rings. The number of benzene rings is 2. The summed E-state index contributed by atoms with van der Waals surface area (Å²) in [4.78, 5) is 0. The summed E-state index contributed by atoms with van der Waals surface area (Å²) in [5.74, 6) is -0.198. The first-order valence-corrected chi connectivity index (χ1v) is 7.40. The predicted molar refractivity (Wildman–Crippen MR) is 82.8 cm³/mol. The average Bonchev–Trinajstić information content (AvgIpc) is 2.72. The molecule has 0 bridgehead atoms. The molecule has 19 heavy (non-hydrogen) atoms. The maximum Gasteiger partial charge on any atom is 0.123 e. The van der Waals surface area contributed by atoms with Gasteiger partial charge < -0.3 is 4.57 Å². The van der Waals surface area contributed by atoms with E-state index in [0.717, 1.165) is 25.4 Å². The van der Waals surface area contributed by atoms with Crippen molar-refractivity contribution in [3.8, 4) is 0 Å². The van der Waals surface area contributed by atoms with Gasteiger partial charge in [0.2, 0.25) is 0 Å². The molecule has 0 saturated heterocycles. The van der Waals surface area contributed by atoms with Crippen LogP contribution >= 0.6 is 31.9 Å². The van der Waals surface area contributed by atoms with E-state index in [2.05, 4.69) is 48.6 Å². The summed E-state index contributed by atoms with van der Waals surface area (Å²) in [7, 11) is 0. The molecule has 0 amide bonds. The lowest BCUT2D eigenvalue weighted by molar-refractivity contribution is 0.624. The summed E-state index contributed by atoms with van der Waals surface area (Å²) in [5, 5.41) is 1.15. The number of hydrogen-bond acceptors (Lipinski definition) is 0. The van der Waals surface area contributed by atoms with Crippen LogP contribution in [0.2, 0.25) is 0 Å². The van der Waals surface area contributed by atoms with Gasteiger partial charge in [-0.25, -0.2) is 4.39 Å². The highest BCUT2D eigenvalue weighted by Gasteiger charge is 2.07. The molecule has 2 aromatic carbocycles. The Morgan fingerprint density at radius 3 is 2.68 bits per heavy atom. The van der Waals surface area contributed by atoms with Crippen molar-refractivity contribution in [3.05, 3.63) is 69.0 Å². The number of fused-ring (bicyclic) bond motifs is 1. The quantitative estimate of drug-likeness (QED) is 0.562. The zero-order valence-electron chi connectivity index (χ0n) is 9.91. The smallest absolute Gasteiger partial charge is 0.123 e. The molecular formula is C15H10Br2FN. The van der Waals surface area contributed by atoms with E-state index in [1.54, 1.807) is 12.1 Å². The Balaban J connectivity index is 2.06. The summed E-state index contributed by atoms with van der Waals surface area (Å²) >= 11 is 7.06. The van der Waals surface area contributed by atoms with Gasteiger partial charge in [-0.05, 0) is 51.8 Å². The minimum absolute atomic E-state index is 0.198. The molecule has 0 aliphatic heterocycles. The van der Waals surface area contributed by atoms with E-state index in [-0.39, 0.29) is 5.82 Å². The first kappa shape index (κ1) is 12.9. The highest BCUT2D eigenvalue weighted by molar-refractivity contribution is 9.11. The van der Waals surface area contributed by atoms with E-state index in [1.165, 1.54) is 6.07 Å². The molecular weight excluding hydrogens is 373 g/mol. The third kappa shape index (κ3) is 2.60.